The number of aromatic nitrogens is 2. The molecular weight excluding hydrogens is 324 g/mol. The monoisotopic (exact) mass is 338 g/mol. The molecule has 1 aromatic heterocycles. The standard InChI is InChI=1S/C18H15ClN4O/c1-12(13-5-3-2-4-6-13)20-23-18(24)17-11-16(21-22-17)14-7-9-15(19)10-8-14/h2-11H,1H3,(H,21,22)(H,23,24)/b20-12+. The number of carbonyl (C=O) groups excluding carboxylic acids is 1. The van der Waals surface area contributed by atoms with Crippen molar-refractivity contribution in [1.29, 1.82) is 0 Å². The molecule has 0 saturated carbocycles. The highest BCUT2D eigenvalue weighted by molar-refractivity contribution is 6.30. The van der Waals surface area contributed by atoms with Gasteiger partial charge in [0.05, 0.1) is 11.4 Å². The molecule has 24 heavy (non-hydrogen) atoms. The number of nitrogens with one attached hydrogen (secondary N) is 2. The summed E-state index contributed by atoms with van der Waals surface area (Å²) in [6.45, 7) is 1.84. The molecule has 0 aliphatic rings. The molecule has 0 saturated heterocycles. The van der Waals surface area contributed by atoms with Crippen molar-refractivity contribution in [3.05, 3.63) is 76.9 Å². The first kappa shape index (κ1) is 16.0. The molecule has 3 aromatic rings. The van der Waals surface area contributed by atoms with E-state index in [1.165, 1.54) is 0 Å². The number of carbonyl (C=O) groups is 1. The van der Waals surface area contributed by atoms with Crippen LogP contribution in [0.3, 0.4) is 0 Å². The number of H-pyrrole nitrogens is 1. The summed E-state index contributed by atoms with van der Waals surface area (Å²) in [5.74, 6) is -0.349. The van der Waals surface area contributed by atoms with Gasteiger partial charge in [-0.05, 0) is 30.7 Å². The van der Waals surface area contributed by atoms with Gasteiger partial charge in [0.15, 0.2) is 0 Å². The van der Waals surface area contributed by atoms with Crippen LogP contribution in [0.5, 0.6) is 0 Å². The van der Waals surface area contributed by atoms with Gasteiger partial charge in [-0.2, -0.15) is 10.2 Å². The van der Waals surface area contributed by atoms with Gasteiger partial charge in [-0.3, -0.25) is 9.89 Å². The van der Waals surface area contributed by atoms with Gasteiger partial charge in [-0.25, -0.2) is 5.43 Å². The van der Waals surface area contributed by atoms with Crippen LogP contribution < -0.4 is 5.43 Å². The molecule has 0 unspecified atom stereocenters. The van der Waals surface area contributed by atoms with E-state index in [-0.39, 0.29) is 5.91 Å². The zero-order chi connectivity index (χ0) is 16.9. The zero-order valence-corrected chi connectivity index (χ0v) is 13.7. The summed E-state index contributed by atoms with van der Waals surface area (Å²) >= 11 is 5.87. The molecule has 0 atom stereocenters. The van der Waals surface area contributed by atoms with Crippen LogP contribution in [0, 0.1) is 0 Å². The van der Waals surface area contributed by atoms with E-state index in [0.717, 1.165) is 16.8 Å². The molecule has 0 aliphatic carbocycles. The minimum absolute atomic E-state index is 0.338. The van der Waals surface area contributed by atoms with Gasteiger partial charge in [0, 0.05) is 10.6 Å². The first-order valence-electron chi connectivity index (χ1n) is 7.35. The van der Waals surface area contributed by atoms with Crippen molar-refractivity contribution in [2.45, 2.75) is 6.92 Å². The molecule has 0 bridgehead atoms. The molecule has 0 fully saturated rings. The second-order valence-corrected chi connectivity index (χ2v) is 5.61. The first-order valence-corrected chi connectivity index (χ1v) is 7.72. The lowest BCUT2D eigenvalue weighted by Gasteiger charge is -2.01. The number of halogens is 1. The van der Waals surface area contributed by atoms with E-state index in [2.05, 4.69) is 20.7 Å². The molecule has 120 valence electrons. The average molecular weight is 339 g/mol. The Labute approximate surface area is 144 Å². The molecule has 1 heterocycles. The number of aromatic amines is 1. The van der Waals surface area contributed by atoms with Crippen molar-refractivity contribution in [2.75, 3.05) is 0 Å². The summed E-state index contributed by atoms with van der Waals surface area (Å²) < 4.78 is 0. The third-order valence-electron chi connectivity index (χ3n) is 3.48. The minimum Gasteiger partial charge on any atom is -0.272 e. The van der Waals surface area contributed by atoms with Crippen LogP contribution >= 0.6 is 11.6 Å². The Kier molecular flexibility index (Phi) is 4.72. The van der Waals surface area contributed by atoms with E-state index in [9.17, 15) is 4.79 Å². The lowest BCUT2D eigenvalue weighted by molar-refractivity contribution is 0.0950. The number of nitrogens with zero attached hydrogens (tertiary/aromatic N) is 2. The van der Waals surface area contributed by atoms with Crippen molar-refractivity contribution < 1.29 is 4.79 Å². The smallest absolute Gasteiger partial charge is 0.272 e. The molecular formula is C18H15ClN4O. The Hall–Kier alpha value is -2.92. The second kappa shape index (κ2) is 7.10. The maximum Gasteiger partial charge on any atom is 0.289 e. The fourth-order valence-corrected chi connectivity index (χ4v) is 2.27. The molecule has 1 amide bonds. The van der Waals surface area contributed by atoms with Crippen LogP contribution in [0.2, 0.25) is 5.02 Å². The first-order chi connectivity index (χ1) is 11.6. The van der Waals surface area contributed by atoms with Crippen molar-refractivity contribution in [1.82, 2.24) is 15.6 Å². The molecule has 5 nitrogen and oxygen atoms in total. The number of hydrogen-bond donors (Lipinski definition) is 2. The second-order valence-electron chi connectivity index (χ2n) is 5.18. The average Bonchev–Trinajstić information content (AvgIpc) is 3.11. The lowest BCUT2D eigenvalue weighted by atomic mass is 10.1. The summed E-state index contributed by atoms with van der Waals surface area (Å²) in [5.41, 5.74) is 6.08. The van der Waals surface area contributed by atoms with Crippen molar-refractivity contribution in [3.63, 3.8) is 0 Å². The Morgan fingerprint density at radius 3 is 2.54 bits per heavy atom. The Bertz CT molecular complexity index is 870. The van der Waals surface area contributed by atoms with Gasteiger partial charge in [-0.15, -0.1) is 0 Å². The Balaban J connectivity index is 1.71. The number of amides is 1. The number of hydrogen-bond acceptors (Lipinski definition) is 3. The molecule has 2 aromatic carbocycles. The van der Waals surface area contributed by atoms with Crippen LogP contribution in [0.25, 0.3) is 11.3 Å². The largest absolute Gasteiger partial charge is 0.289 e. The fraction of sp³-hybridized carbons (Fsp3) is 0.0556. The summed E-state index contributed by atoms with van der Waals surface area (Å²) in [4.78, 5) is 12.2. The molecule has 6 heteroatoms. The van der Waals surface area contributed by atoms with Crippen LogP contribution in [-0.4, -0.2) is 21.8 Å². The third kappa shape index (κ3) is 3.70. The normalized spacial score (nSPS) is 11.3. The maximum atomic E-state index is 12.2. The third-order valence-corrected chi connectivity index (χ3v) is 3.73. The minimum atomic E-state index is -0.349. The molecule has 3 rings (SSSR count). The van der Waals surface area contributed by atoms with Crippen molar-refractivity contribution in [2.24, 2.45) is 5.10 Å². The lowest BCUT2D eigenvalue weighted by Crippen LogP contribution is -2.19. The van der Waals surface area contributed by atoms with Gasteiger partial charge in [0.25, 0.3) is 5.91 Å². The summed E-state index contributed by atoms with van der Waals surface area (Å²) in [7, 11) is 0. The number of hydrazone groups is 1. The van der Waals surface area contributed by atoms with Gasteiger partial charge in [0.2, 0.25) is 0 Å². The predicted octanol–water partition coefficient (Wildman–Crippen LogP) is 3.88. The maximum absolute atomic E-state index is 12.2. The number of benzene rings is 2. The topological polar surface area (TPSA) is 70.1 Å². The van der Waals surface area contributed by atoms with Crippen LogP contribution in [0.15, 0.2) is 65.8 Å². The van der Waals surface area contributed by atoms with Crippen molar-refractivity contribution >= 4 is 23.2 Å². The Morgan fingerprint density at radius 2 is 1.83 bits per heavy atom. The fourth-order valence-electron chi connectivity index (χ4n) is 2.15. The van der Waals surface area contributed by atoms with Crippen LogP contribution in [0.4, 0.5) is 0 Å². The highest BCUT2D eigenvalue weighted by atomic mass is 35.5. The van der Waals surface area contributed by atoms with E-state index in [4.69, 9.17) is 11.6 Å². The van der Waals surface area contributed by atoms with Crippen LogP contribution in [0.1, 0.15) is 23.0 Å². The van der Waals surface area contributed by atoms with Gasteiger partial charge in [0.1, 0.15) is 5.69 Å². The predicted molar refractivity (Wildman–Crippen MR) is 95.2 cm³/mol. The van der Waals surface area contributed by atoms with Gasteiger partial charge >= 0.3 is 0 Å². The molecule has 0 aliphatic heterocycles. The Morgan fingerprint density at radius 1 is 1.12 bits per heavy atom. The van der Waals surface area contributed by atoms with E-state index < -0.39 is 0 Å². The van der Waals surface area contributed by atoms with E-state index in [0.29, 0.717) is 16.4 Å². The molecule has 0 spiro atoms. The van der Waals surface area contributed by atoms with E-state index in [1.54, 1.807) is 18.2 Å². The van der Waals surface area contributed by atoms with Gasteiger partial charge in [-0.1, -0.05) is 54.1 Å². The highest BCUT2D eigenvalue weighted by Gasteiger charge is 2.10. The zero-order valence-electron chi connectivity index (χ0n) is 13.0. The highest BCUT2D eigenvalue weighted by Crippen LogP contribution is 2.20. The summed E-state index contributed by atoms with van der Waals surface area (Å²) in [6.07, 6.45) is 0. The van der Waals surface area contributed by atoms with E-state index >= 15 is 0 Å². The summed E-state index contributed by atoms with van der Waals surface area (Å²) in [5, 5.41) is 11.6. The van der Waals surface area contributed by atoms with Crippen LogP contribution in [-0.2, 0) is 0 Å². The van der Waals surface area contributed by atoms with Gasteiger partial charge < -0.3 is 0 Å². The molecule has 0 radical (unpaired) electrons. The van der Waals surface area contributed by atoms with Crippen molar-refractivity contribution in [3.8, 4) is 11.3 Å². The SMILES string of the molecule is C/C(=N\NC(=O)c1cc(-c2ccc(Cl)cc2)n[nH]1)c1ccccc1. The quantitative estimate of drug-likeness (QED) is 0.559. The molecule has 2 N–H and O–H groups in total. The van der Waals surface area contributed by atoms with E-state index in [1.807, 2.05) is 49.4 Å². The number of rotatable bonds is 4. The summed E-state index contributed by atoms with van der Waals surface area (Å²) in [6, 6.07) is 18.5.